The highest BCUT2D eigenvalue weighted by Crippen LogP contribution is 2.58. The van der Waals surface area contributed by atoms with Crippen molar-refractivity contribution in [2.75, 3.05) is 14.2 Å². The lowest BCUT2D eigenvalue weighted by Crippen LogP contribution is -2.42. The number of hydrogen-bond donors (Lipinski definition) is 0. The molecule has 0 amide bonds. The van der Waals surface area contributed by atoms with E-state index in [2.05, 4.69) is 13.0 Å². The van der Waals surface area contributed by atoms with Crippen LogP contribution in [0.15, 0.2) is 22.8 Å². The van der Waals surface area contributed by atoms with Gasteiger partial charge in [0.1, 0.15) is 5.78 Å². The summed E-state index contributed by atoms with van der Waals surface area (Å²) in [5.41, 5.74) is 4.61. The number of ether oxygens (including phenoxy) is 2. The molecular formula is C20H28O3. The van der Waals surface area contributed by atoms with Crippen molar-refractivity contribution in [1.82, 2.24) is 0 Å². The zero-order valence-corrected chi connectivity index (χ0v) is 14.6. The van der Waals surface area contributed by atoms with Gasteiger partial charge in [0.2, 0.25) is 0 Å². The van der Waals surface area contributed by atoms with Gasteiger partial charge in [0.15, 0.2) is 5.79 Å². The Hall–Kier alpha value is -0.930. The molecule has 0 bridgehead atoms. The number of fused-ring (bicyclic) bond motifs is 4. The van der Waals surface area contributed by atoms with E-state index in [1.54, 1.807) is 25.4 Å². The number of rotatable bonds is 2. The lowest BCUT2D eigenvalue weighted by molar-refractivity contribution is -0.212. The quantitative estimate of drug-likeness (QED) is 0.717. The van der Waals surface area contributed by atoms with Crippen LogP contribution in [0.2, 0.25) is 0 Å². The summed E-state index contributed by atoms with van der Waals surface area (Å²) in [6, 6.07) is 0. The van der Waals surface area contributed by atoms with Crippen molar-refractivity contribution in [3.8, 4) is 0 Å². The van der Waals surface area contributed by atoms with Crippen LogP contribution in [0.25, 0.3) is 0 Å². The van der Waals surface area contributed by atoms with Crippen molar-refractivity contribution in [3.05, 3.63) is 22.8 Å². The Kier molecular flexibility index (Phi) is 3.58. The molecule has 0 heterocycles. The zero-order chi connectivity index (χ0) is 16.2. The van der Waals surface area contributed by atoms with Crippen LogP contribution in [0, 0.1) is 17.3 Å². The maximum absolute atomic E-state index is 12.4. The molecule has 4 aliphatic rings. The van der Waals surface area contributed by atoms with Crippen LogP contribution < -0.4 is 0 Å². The molecule has 4 rings (SSSR count). The van der Waals surface area contributed by atoms with Crippen molar-refractivity contribution < 1.29 is 14.3 Å². The van der Waals surface area contributed by atoms with Gasteiger partial charge in [0.05, 0.1) is 0 Å². The van der Waals surface area contributed by atoms with Gasteiger partial charge >= 0.3 is 0 Å². The minimum Gasteiger partial charge on any atom is -0.353 e. The van der Waals surface area contributed by atoms with Crippen molar-refractivity contribution >= 4 is 5.78 Å². The van der Waals surface area contributed by atoms with Crippen molar-refractivity contribution in [3.63, 3.8) is 0 Å². The van der Waals surface area contributed by atoms with Gasteiger partial charge in [-0.3, -0.25) is 4.79 Å². The minimum atomic E-state index is -0.418. The zero-order valence-electron chi connectivity index (χ0n) is 14.6. The number of allylic oxidation sites excluding steroid dienone is 3. The highest BCUT2D eigenvalue weighted by molar-refractivity contribution is 5.87. The number of carbonyl (C=O) groups excluding carboxylic acids is 1. The molecule has 0 N–H and O–H groups in total. The Morgan fingerprint density at radius 3 is 2.65 bits per heavy atom. The summed E-state index contributed by atoms with van der Waals surface area (Å²) in [5, 5.41) is 0. The van der Waals surface area contributed by atoms with Crippen LogP contribution in [-0.2, 0) is 14.3 Å². The monoisotopic (exact) mass is 316 g/mol. The number of methoxy groups -OCH3 is 2. The maximum atomic E-state index is 12.4. The standard InChI is InChI=1S/C20H28O3/c1-19-10-8-15-14-9-11-20(22-2,23-3)12-13(14)4-5-16(15)17(19)6-7-18(19)21/h8,16-17H,4-7,9-12H2,1-3H3/t16-,17+,19+/m1/s1. The normalized spacial score (nSPS) is 38.7. The van der Waals surface area contributed by atoms with E-state index in [1.165, 1.54) is 12.0 Å². The van der Waals surface area contributed by atoms with Gasteiger partial charge in [0.25, 0.3) is 0 Å². The highest BCUT2D eigenvalue weighted by Gasteiger charge is 2.53. The molecule has 0 radical (unpaired) electrons. The van der Waals surface area contributed by atoms with Crippen LogP contribution in [0.4, 0.5) is 0 Å². The van der Waals surface area contributed by atoms with E-state index < -0.39 is 5.79 Å². The second-order valence-corrected chi connectivity index (χ2v) is 8.07. The van der Waals surface area contributed by atoms with Crippen LogP contribution in [0.3, 0.4) is 0 Å². The third-order valence-electron chi connectivity index (χ3n) is 7.28. The lowest BCUT2D eigenvalue weighted by Gasteiger charge is -2.47. The predicted molar refractivity (Wildman–Crippen MR) is 88.9 cm³/mol. The summed E-state index contributed by atoms with van der Waals surface area (Å²) in [7, 11) is 3.52. The average molecular weight is 316 g/mol. The smallest absolute Gasteiger partial charge is 0.171 e. The van der Waals surface area contributed by atoms with Gasteiger partial charge in [-0.25, -0.2) is 0 Å². The maximum Gasteiger partial charge on any atom is 0.171 e. The highest BCUT2D eigenvalue weighted by atomic mass is 16.7. The molecular weight excluding hydrogens is 288 g/mol. The molecule has 0 unspecified atom stereocenters. The molecule has 4 aliphatic carbocycles. The first-order valence-electron chi connectivity index (χ1n) is 9.08. The molecule has 3 atom stereocenters. The van der Waals surface area contributed by atoms with Crippen LogP contribution in [-0.4, -0.2) is 25.8 Å². The summed E-state index contributed by atoms with van der Waals surface area (Å²) in [4.78, 5) is 12.4. The van der Waals surface area contributed by atoms with Crippen molar-refractivity contribution in [1.29, 1.82) is 0 Å². The number of hydrogen-bond acceptors (Lipinski definition) is 3. The summed E-state index contributed by atoms with van der Waals surface area (Å²) in [5.74, 6) is 1.26. The Labute approximate surface area is 139 Å². The van der Waals surface area contributed by atoms with Gasteiger partial charge in [0, 0.05) is 38.9 Å². The first kappa shape index (κ1) is 15.6. The van der Waals surface area contributed by atoms with E-state index in [9.17, 15) is 4.79 Å². The Morgan fingerprint density at radius 2 is 1.91 bits per heavy atom. The van der Waals surface area contributed by atoms with Gasteiger partial charge in [-0.15, -0.1) is 0 Å². The second kappa shape index (κ2) is 5.29. The van der Waals surface area contributed by atoms with E-state index in [4.69, 9.17) is 9.47 Å². The molecule has 3 nitrogen and oxygen atoms in total. The summed E-state index contributed by atoms with van der Waals surface area (Å²) >= 11 is 0. The Morgan fingerprint density at radius 1 is 1.13 bits per heavy atom. The Bertz CT molecular complexity index is 596. The molecule has 126 valence electrons. The fraction of sp³-hybridized carbons (Fsp3) is 0.750. The molecule has 1 fully saturated rings. The molecule has 23 heavy (non-hydrogen) atoms. The minimum absolute atomic E-state index is 0.0796. The van der Waals surface area contributed by atoms with Crippen LogP contribution in [0.5, 0.6) is 0 Å². The Balaban J connectivity index is 1.68. The largest absolute Gasteiger partial charge is 0.353 e. The molecule has 0 aromatic carbocycles. The van der Waals surface area contributed by atoms with E-state index in [1.807, 2.05) is 0 Å². The van der Waals surface area contributed by atoms with Crippen LogP contribution in [0.1, 0.15) is 58.3 Å². The summed E-state index contributed by atoms with van der Waals surface area (Å²) < 4.78 is 11.4. The fourth-order valence-electron chi connectivity index (χ4n) is 5.76. The topological polar surface area (TPSA) is 35.5 Å². The molecule has 0 aromatic heterocycles. The van der Waals surface area contributed by atoms with Gasteiger partial charge in [-0.2, -0.15) is 0 Å². The molecule has 3 heteroatoms. The molecule has 0 aromatic rings. The van der Waals surface area contributed by atoms with E-state index >= 15 is 0 Å². The SMILES string of the molecule is COC1(OC)CCC2=C(CC[C@@H]3C2=CC[C@]2(C)C(=O)CC[C@@H]32)C1. The first-order chi connectivity index (χ1) is 11.0. The number of Topliss-reactive ketones (excluding diaryl/α,β-unsaturated/α-hetero) is 1. The third kappa shape index (κ3) is 2.12. The molecule has 0 saturated heterocycles. The van der Waals surface area contributed by atoms with Gasteiger partial charge in [-0.05, 0) is 55.1 Å². The number of ketones is 1. The second-order valence-electron chi connectivity index (χ2n) is 8.07. The average Bonchev–Trinajstić information content (AvgIpc) is 2.89. The molecule has 1 saturated carbocycles. The van der Waals surface area contributed by atoms with E-state index in [0.29, 0.717) is 17.6 Å². The van der Waals surface area contributed by atoms with Crippen molar-refractivity contribution in [2.45, 2.75) is 64.1 Å². The number of carbonyl (C=O) groups is 1. The summed E-state index contributed by atoms with van der Waals surface area (Å²) in [6.07, 6.45) is 10.5. The van der Waals surface area contributed by atoms with Crippen molar-refractivity contribution in [2.24, 2.45) is 17.3 Å². The molecule has 0 aliphatic heterocycles. The molecule has 0 spiro atoms. The third-order valence-corrected chi connectivity index (χ3v) is 7.28. The van der Waals surface area contributed by atoms with Gasteiger partial charge in [-0.1, -0.05) is 18.6 Å². The lowest BCUT2D eigenvalue weighted by atomic mass is 9.58. The predicted octanol–water partition coefficient (Wildman–Crippen LogP) is 4.18. The first-order valence-corrected chi connectivity index (χ1v) is 9.08. The van der Waals surface area contributed by atoms with E-state index in [-0.39, 0.29) is 5.41 Å². The summed E-state index contributed by atoms with van der Waals surface area (Å²) in [6.45, 7) is 2.21. The van der Waals surface area contributed by atoms with E-state index in [0.717, 1.165) is 44.9 Å². The van der Waals surface area contributed by atoms with Crippen LogP contribution >= 0.6 is 0 Å². The fourth-order valence-corrected chi connectivity index (χ4v) is 5.76. The van der Waals surface area contributed by atoms with Gasteiger partial charge < -0.3 is 9.47 Å².